The number of amides is 1. The van der Waals surface area contributed by atoms with Crippen molar-refractivity contribution in [2.24, 2.45) is 5.92 Å². The summed E-state index contributed by atoms with van der Waals surface area (Å²) in [6, 6.07) is 14.1. The quantitative estimate of drug-likeness (QED) is 0.673. The number of carboxylic acids is 1. The summed E-state index contributed by atoms with van der Waals surface area (Å²) in [5.74, 6) is -0.909. The van der Waals surface area contributed by atoms with E-state index in [1.807, 2.05) is 12.1 Å². The summed E-state index contributed by atoms with van der Waals surface area (Å²) >= 11 is 0. The molecule has 1 amide bonds. The Labute approximate surface area is 152 Å². The third kappa shape index (κ3) is 5.89. The summed E-state index contributed by atoms with van der Waals surface area (Å²) in [4.78, 5) is 23.3. The zero-order chi connectivity index (χ0) is 18.9. The molecule has 0 heterocycles. The first-order valence-electron chi connectivity index (χ1n) is 8.34. The number of carbonyl (C=O) groups is 2. The van der Waals surface area contributed by atoms with E-state index in [1.54, 1.807) is 50.4 Å². The van der Waals surface area contributed by atoms with Crippen molar-refractivity contribution in [1.29, 1.82) is 0 Å². The molecule has 0 aliphatic heterocycles. The van der Waals surface area contributed by atoms with Gasteiger partial charge in [0.05, 0.1) is 12.5 Å². The number of rotatable bonds is 9. The van der Waals surface area contributed by atoms with Gasteiger partial charge in [0.1, 0.15) is 12.4 Å². The van der Waals surface area contributed by atoms with Crippen LogP contribution in [0.2, 0.25) is 0 Å². The van der Waals surface area contributed by atoms with Gasteiger partial charge in [-0.3, -0.25) is 9.59 Å². The fraction of sp³-hybridized carbons (Fsp3) is 0.300. The van der Waals surface area contributed by atoms with Crippen LogP contribution in [0.15, 0.2) is 48.5 Å². The molecule has 6 nitrogen and oxygen atoms in total. The Morgan fingerprint density at radius 2 is 1.85 bits per heavy atom. The van der Waals surface area contributed by atoms with Crippen molar-refractivity contribution < 1.29 is 24.2 Å². The minimum Gasteiger partial charge on any atom is -0.491 e. The van der Waals surface area contributed by atoms with E-state index in [0.29, 0.717) is 36.6 Å². The van der Waals surface area contributed by atoms with Gasteiger partial charge in [-0.1, -0.05) is 25.1 Å². The molecule has 2 N–H and O–H groups in total. The third-order valence-corrected chi connectivity index (χ3v) is 3.83. The predicted octanol–water partition coefficient (Wildman–Crippen LogP) is 3.23. The molecule has 1 unspecified atom stereocenters. The molecule has 0 spiro atoms. The first-order chi connectivity index (χ1) is 12.5. The molecule has 0 radical (unpaired) electrons. The molecule has 2 aromatic carbocycles. The second-order valence-corrected chi connectivity index (χ2v) is 5.96. The molecule has 0 saturated carbocycles. The van der Waals surface area contributed by atoms with E-state index in [-0.39, 0.29) is 5.91 Å². The summed E-state index contributed by atoms with van der Waals surface area (Å²) < 4.78 is 10.4. The lowest BCUT2D eigenvalue weighted by Gasteiger charge is -2.10. The largest absolute Gasteiger partial charge is 0.491 e. The molecule has 1 atom stereocenters. The molecule has 0 saturated heterocycles. The number of carboxylic acid groups (broad SMARTS) is 1. The first-order valence-corrected chi connectivity index (χ1v) is 8.34. The molecule has 2 aromatic rings. The number of anilines is 1. The second kappa shape index (κ2) is 9.58. The standard InChI is InChI=1S/C20H23NO5/c1-14(20(23)24)12-15-6-8-17(9-7-15)21-19(22)16-4-3-5-18(13-16)26-11-10-25-2/h3-9,13-14H,10-12H2,1-2H3,(H,21,22)(H,23,24). The number of hydrogen-bond acceptors (Lipinski definition) is 4. The van der Waals surface area contributed by atoms with Crippen LogP contribution in [0.25, 0.3) is 0 Å². The van der Waals surface area contributed by atoms with Gasteiger partial charge >= 0.3 is 5.97 Å². The Kier molecular flexibility index (Phi) is 7.17. The average molecular weight is 357 g/mol. The van der Waals surface area contributed by atoms with Gasteiger partial charge in [-0.25, -0.2) is 0 Å². The highest BCUT2D eigenvalue weighted by Gasteiger charge is 2.12. The fourth-order valence-electron chi connectivity index (χ4n) is 2.34. The summed E-state index contributed by atoms with van der Waals surface area (Å²) in [6.07, 6.45) is 0.449. The maximum absolute atomic E-state index is 12.4. The van der Waals surface area contributed by atoms with Crippen LogP contribution in [-0.4, -0.2) is 37.3 Å². The van der Waals surface area contributed by atoms with Crippen molar-refractivity contribution in [3.05, 3.63) is 59.7 Å². The van der Waals surface area contributed by atoms with E-state index in [0.717, 1.165) is 5.56 Å². The molecule has 26 heavy (non-hydrogen) atoms. The highest BCUT2D eigenvalue weighted by Crippen LogP contribution is 2.17. The van der Waals surface area contributed by atoms with Gasteiger partial charge in [-0.2, -0.15) is 0 Å². The minimum atomic E-state index is -0.824. The Balaban J connectivity index is 1.96. The van der Waals surface area contributed by atoms with Crippen LogP contribution in [0.4, 0.5) is 5.69 Å². The molecule has 0 aliphatic carbocycles. The van der Waals surface area contributed by atoms with Crippen molar-refractivity contribution in [1.82, 2.24) is 0 Å². The molecular formula is C20H23NO5. The maximum Gasteiger partial charge on any atom is 0.306 e. The Morgan fingerprint density at radius 1 is 1.12 bits per heavy atom. The van der Waals surface area contributed by atoms with E-state index < -0.39 is 11.9 Å². The summed E-state index contributed by atoms with van der Waals surface area (Å²) in [7, 11) is 1.60. The number of carbonyl (C=O) groups excluding carboxylic acids is 1. The van der Waals surface area contributed by atoms with Gasteiger partial charge in [0.15, 0.2) is 0 Å². The normalized spacial score (nSPS) is 11.6. The van der Waals surface area contributed by atoms with Crippen LogP contribution in [0.3, 0.4) is 0 Å². The zero-order valence-electron chi connectivity index (χ0n) is 14.9. The van der Waals surface area contributed by atoms with Crippen LogP contribution in [0, 0.1) is 5.92 Å². The molecule has 138 valence electrons. The lowest BCUT2D eigenvalue weighted by Crippen LogP contribution is -2.13. The van der Waals surface area contributed by atoms with Crippen molar-refractivity contribution in [3.63, 3.8) is 0 Å². The van der Waals surface area contributed by atoms with Gasteiger partial charge in [-0.15, -0.1) is 0 Å². The van der Waals surface area contributed by atoms with Gasteiger partial charge in [0.2, 0.25) is 0 Å². The highest BCUT2D eigenvalue weighted by molar-refractivity contribution is 6.04. The van der Waals surface area contributed by atoms with Crippen molar-refractivity contribution in [3.8, 4) is 5.75 Å². The molecule has 6 heteroatoms. The van der Waals surface area contributed by atoms with Crippen LogP contribution >= 0.6 is 0 Å². The molecule has 2 rings (SSSR count). The smallest absolute Gasteiger partial charge is 0.306 e. The number of ether oxygens (including phenoxy) is 2. The van der Waals surface area contributed by atoms with E-state index in [1.165, 1.54) is 0 Å². The first kappa shape index (κ1) is 19.5. The van der Waals surface area contributed by atoms with E-state index in [4.69, 9.17) is 14.6 Å². The second-order valence-electron chi connectivity index (χ2n) is 5.96. The number of aliphatic carboxylic acids is 1. The molecule has 0 aromatic heterocycles. The van der Waals surface area contributed by atoms with Crippen LogP contribution < -0.4 is 10.1 Å². The molecule has 0 bridgehead atoms. The van der Waals surface area contributed by atoms with Crippen molar-refractivity contribution in [2.75, 3.05) is 25.6 Å². The maximum atomic E-state index is 12.4. The minimum absolute atomic E-state index is 0.242. The van der Waals surface area contributed by atoms with Crippen LogP contribution in [-0.2, 0) is 16.0 Å². The Morgan fingerprint density at radius 3 is 2.50 bits per heavy atom. The molecule has 0 fully saturated rings. The van der Waals surface area contributed by atoms with E-state index in [9.17, 15) is 9.59 Å². The number of nitrogens with one attached hydrogen (secondary N) is 1. The fourth-order valence-corrected chi connectivity index (χ4v) is 2.34. The van der Waals surface area contributed by atoms with Gasteiger partial charge in [-0.05, 0) is 42.3 Å². The lowest BCUT2D eigenvalue weighted by molar-refractivity contribution is -0.141. The van der Waals surface area contributed by atoms with Crippen LogP contribution in [0.1, 0.15) is 22.8 Å². The predicted molar refractivity (Wildman–Crippen MR) is 98.7 cm³/mol. The van der Waals surface area contributed by atoms with Crippen molar-refractivity contribution >= 4 is 17.6 Å². The third-order valence-electron chi connectivity index (χ3n) is 3.83. The van der Waals surface area contributed by atoms with E-state index in [2.05, 4.69) is 5.32 Å². The van der Waals surface area contributed by atoms with Gasteiger partial charge < -0.3 is 19.9 Å². The summed E-state index contributed by atoms with van der Waals surface area (Å²) in [5, 5.41) is 11.8. The zero-order valence-corrected chi connectivity index (χ0v) is 14.9. The van der Waals surface area contributed by atoms with Crippen molar-refractivity contribution in [2.45, 2.75) is 13.3 Å². The SMILES string of the molecule is COCCOc1cccc(C(=O)Nc2ccc(CC(C)C(=O)O)cc2)c1. The van der Waals surface area contributed by atoms with Crippen LogP contribution in [0.5, 0.6) is 5.75 Å². The Bertz CT molecular complexity index is 742. The van der Waals surface area contributed by atoms with Gasteiger partial charge in [0, 0.05) is 18.4 Å². The number of methoxy groups -OCH3 is 1. The van der Waals surface area contributed by atoms with Gasteiger partial charge in [0.25, 0.3) is 5.91 Å². The van der Waals surface area contributed by atoms with E-state index >= 15 is 0 Å². The lowest BCUT2D eigenvalue weighted by atomic mass is 10.0. The molecular weight excluding hydrogens is 334 g/mol. The topological polar surface area (TPSA) is 84.9 Å². The number of benzene rings is 2. The molecule has 0 aliphatic rings. The Hall–Kier alpha value is -2.86. The summed E-state index contributed by atoms with van der Waals surface area (Å²) in [5.41, 5.74) is 2.04. The summed E-state index contributed by atoms with van der Waals surface area (Å²) in [6.45, 7) is 2.56. The average Bonchev–Trinajstić information content (AvgIpc) is 2.63. The number of hydrogen-bond donors (Lipinski definition) is 2. The monoisotopic (exact) mass is 357 g/mol. The highest BCUT2D eigenvalue weighted by atomic mass is 16.5.